The predicted molar refractivity (Wildman–Crippen MR) is 63.3 cm³/mol. The van der Waals surface area contributed by atoms with Crippen molar-refractivity contribution >= 4 is 0 Å². The first-order valence-corrected chi connectivity index (χ1v) is 5.57. The minimum Gasteiger partial charge on any atom is -0.497 e. The largest absolute Gasteiger partial charge is 0.497 e. The van der Waals surface area contributed by atoms with Crippen molar-refractivity contribution in [3.63, 3.8) is 0 Å². The van der Waals surface area contributed by atoms with Crippen molar-refractivity contribution in [1.29, 1.82) is 5.26 Å². The number of ether oxygens (including phenoxy) is 1. The van der Waals surface area contributed by atoms with Crippen LogP contribution in [0.1, 0.15) is 32.3 Å². The van der Waals surface area contributed by atoms with Gasteiger partial charge in [0.05, 0.1) is 18.6 Å². The monoisotopic (exact) mass is 215 g/mol. The zero-order chi connectivity index (χ0) is 11.8. The summed E-state index contributed by atoms with van der Waals surface area (Å²) in [6.07, 6.45) is 1.89. The summed E-state index contributed by atoms with van der Waals surface area (Å²) in [5.74, 6) is 0.843. The van der Waals surface area contributed by atoms with Crippen molar-refractivity contribution in [3.8, 4) is 11.8 Å². The van der Waals surface area contributed by atoms with E-state index in [9.17, 15) is 5.26 Å². The van der Waals surface area contributed by atoms with Crippen LogP contribution in [0.5, 0.6) is 5.75 Å². The normalized spacial score (nSPS) is 20.6. The molecule has 2 heteroatoms. The molecule has 16 heavy (non-hydrogen) atoms. The highest BCUT2D eigenvalue weighted by atomic mass is 16.5. The molecule has 0 atom stereocenters. The maximum atomic E-state index is 9.37. The van der Waals surface area contributed by atoms with Crippen LogP contribution in [0, 0.1) is 16.7 Å². The third kappa shape index (κ3) is 1.67. The summed E-state index contributed by atoms with van der Waals surface area (Å²) in [6.45, 7) is 4.43. The number of benzene rings is 1. The van der Waals surface area contributed by atoms with Crippen molar-refractivity contribution in [2.24, 2.45) is 5.41 Å². The Morgan fingerprint density at radius 1 is 1.19 bits per heavy atom. The molecule has 1 saturated carbocycles. The second kappa shape index (κ2) is 3.52. The lowest BCUT2D eigenvalue weighted by Crippen LogP contribution is -2.45. The number of methoxy groups -OCH3 is 1. The van der Waals surface area contributed by atoms with Gasteiger partial charge in [-0.1, -0.05) is 26.0 Å². The molecule has 1 aliphatic rings. The van der Waals surface area contributed by atoms with Gasteiger partial charge in [-0.2, -0.15) is 5.26 Å². The second-order valence-corrected chi connectivity index (χ2v) is 5.44. The van der Waals surface area contributed by atoms with E-state index in [1.54, 1.807) is 7.11 Å². The van der Waals surface area contributed by atoms with Crippen LogP contribution >= 0.6 is 0 Å². The molecule has 0 spiro atoms. The number of rotatable bonds is 2. The molecule has 0 radical (unpaired) electrons. The standard InChI is InChI=1S/C14H17NO/c1-13(2)8-14(9-13,10-15)11-4-6-12(16-3)7-5-11/h4-7H,8-9H2,1-3H3. The van der Waals surface area contributed by atoms with E-state index in [1.807, 2.05) is 24.3 Å². The Bertz CT molecular complexity index is 417. The number of hydrogen-bond acceptors (Lipinski definition) is 2. The predicted octanol–water partition coefficient (Wildman–Crippen LogP) is 3.28. The van der Waals surface area contributed by atoms with Crippen molar-refractivity contribution in [3.05, 3.63) is 29.8 Å². The topological polar surface area (TPSA) is 33.0 Å². The summed E-state index contributed by atoms with van der Waals surface area (Å²) in [5, 5.41) is 9.37. The van der Waals surface area contributed by atoms with E-state index in [0.717, 1.165) is 24.2 Å². The highest BCUT2D eigenvalue weighted by Gasteiger charge is 2.50. The molecule has 84 valence electrons. The highest BCUT2D eigenvalue weighted by molar-refractivity contribution is 5.40. The van der Waals surface area contributed by atoms with Gasteiger partial charge in [0.25, 0.3) is 0 Å². The molecule has 0 bridgehead atoms. The zero-order valence-corrected chi connectivity index (χ0v) is 10.1. The summed E-state index contributed by atoms with van der Waals surface area (Å²) < 4.78 is 5.13. The summed E-state index contributed by atoms with van der Waals surface area (Å²) in [7, 11) is 1.65. The van der Waals surface area contributed by atoms with Gasteiger partial charge >= 0.3 is 0 Å². The molecule has 0 saturated heterocycles. The Morgan fingerprint density at radius 3 is 2.12 bits per heavy atom. The Morgan fingerprint density at radius 2 is 1.75 bits per heavy atom. The van der Waals surface area contributed by atoms with Gasteiger partial charge in [-0.25, -0.2) is 0 Å². The van der Waals surface area contributed by atoms with Gasteiger partial charge in [0.15, 0.2) is 0 Å². The minimum atomic E-state index is -0.268. The Labute approximate surface area is 96.9 Å². The smallest absolute Gasteiger partial charge is 0.118 e. The fourth-order valence-electron chi connectivity index (χ4n) is 2.84. The SMILES string of the molecule is COc1ccc(C2(C#N)CC(C)(C)C2)cc1. The van der Waals surface area contributed by atoms with Crippen LogP contribution in [0.25, 0.3) is 0 Å². The Hall–Kier alpha value is -1.49. The molecule has 0 heterocycles. The molecule has 1 aliphatic carbocycles. The number of nitriles is 1. The minimum absolute atomic E-state index is 0.268. The van der Waals surface area contributed by atoms with Gasteiger partial charge in [0.2, 0.25) is 0 Å². The van der Waals surface area contributed by atoms with Gasteiger partial charge in [-0.15, -0.1) is 0 Å². The quantitative estimate of drug-likeness (QED) is 0.758. The van der Waals surface area contributed by atoms with Gasteiger partial charge in [0.1, 0.15) is 5.75 Å². The average Bonchev–Trinajstić information content (AvgIpc) is 2.25. The van der Waals surface area contributed by atoms with E-state index in [4.69, 9.17) is 4.74 Å². The molecular formula is C14H17NO. The fourth-order valence-corrected chi connectivity index (χ4v) is 2.84. The maximum absolute atomic E-state index is 9.37. The second-order valence-electron chi connectivity index (χ2n) is 5.44. The van der Waals surface area contributed by atoms with Gasteiger partial charge < -0.3 is 4.74 Å². The number of nitrogens with zero attached hydrogens (tertiary/aromatic N) is 1. The van der Waals surface area contributed by atoms with Gasteiger partial charge in [0, 0.05) is 0 Å². The molecule has 1 fully saturated rings. The lowest BCUT2D eigenvalue weighted by molar-refractivity contribution is 0.0999. The first-order chi connectivity index (χ1) is 7.51. The molecule has 0 aromatic heterocycles. The lowest BCUT2D eigenvalue weighted by Gasteiger charge is -2.49. The Kier molecular flexibility index (Phi) is 2.42. The van der Waals surface area contributed by atoms with Crippen molar-refractivity contribution in [2.75, 3.05) is 7.11 Å². The van der Waals surface area contributed by atoms with Crippen LogP contribution < -0.4 is 4.74 Å². The van der Waals surface area contributed by atoms with Crippen molar-refractivity contribution < 1.29 is 4.74 Å². The summed E-state index contributed by atoms with van der Waals surface area (Å²) in [5.41, 5.74) is 1.15. The molecular weight excluding hydrogens is 198 g/mol. The molecule has 0 aliphatic heterocycles. The molecule has 1 aromatic carbocycles. The van der Waals surface area contributed by atoms with E-state index in [1.165, 1.54) is 0 Å². The van der Waals surface area contributed by atoms with Crippen LogP contribution in [0.4, 0.5) is 0 Å². The van der Waals surface area contributed by atoms with E-state index < -0.39 is 0 Å². The molecule has 0 unspecified atom stereocenters. The lowest BCUT2D eigenvalue weighted by atomic mass is 9.52. The van der Waals surface area contributed by atoms with E-state index in [2.05, 4.69) is 19.9 Å². The highest BCUT2D eigenvalue weighted by Crippen LogP contribution is 2.55. The molecule has 1 aromatic rings. The third-order valence-corrected chi connectivity index (χ3v) is 3.42. The van der Waals surface area contributed by atoms with Crippen LogP contribution in [-0.4, -0.2) is 7.11 Å². The van der Waals surface area contributed by atoms with Crippen molar-refractivity contribution in [2.45, 2.75) is 32.1 Å². The van der Waals surface area contributed by atoms with E-state index in [-0.39, 0.29) is 5.41 Å². The van der Waals surface area contributed by atoms with Crippen LogP contribution in [0.2, 0.25) is 0 Å². The Balaban J connectivity index is 2.27. The molecule has 0 amide bonds. The van der Waals surface area contributed by atoms with Crippen molar-refractivity contribution in [1.82, 2.24) is 0 Å². The third-order valence-electron chi connectivity index (χ3n) is 3.42. The zero-order valence-electron chi connectivity index (χ0n) is 10.1. The van der Waals surface area contributed by atoms with Gasteiger partial charge in [-0.05, 0) is 36.0 Å². The van der Waals surface area contributed by atoms with E-state index >= 15 is 0 Å². The number of hydrogen-bond donors (Lipinski definition) is 0. The van der Waals surface area contributed by atoms with Gasteiger partial charge in [-0.3, -0.25) is 0 Å². The first-order valence-electron chi connectivity index (χ1n) is 5.57. The fraction of sp³-hybridized carbons (Fsp3) is 0.500. The molecule has 0 N–H and O–H groups in total. The van der Waals surface area contributed by atoms with Crippen LogP contribution in [0.3, 0.4) is 0 Å². The summed E-state index contributed by atoms with van der Waals surface area (Å²) >= 11 is 0. The maximum Gasteiger partial charge on any atom is 0.118 e. The molecule has 2 nitrogen and oxygen atoms in total. The summed E-state index contributed by atoms with van der Waals surface area (Å²) in [4.78, 5) is 0. The summed E-state index contributed by atoms with van der Waals surface area (Å²) in [6, 6.07) is 10.4. The van der Waals surface area contributed by atoms with E-state index in [0.29, 0.717) is 5.41 Å². The van der Waals surface area contributed by atoms with Crippen LogP contribution in [0.15, 0.2) is 24.3 Å². The average molecular weight is 215 g/mol. The first kappa shape index (κ1) is 11.0. The van der Waals surface area contributed by atoms with Crippen LogP contribution in [-0.2, 0) is 5.41 Å². The molecule has 2 rings (SSSR count).